The van der Waals surface area contributed by atoms with Gasteiger partial charge in [-0.2, -0.15) is 9.97 Å². The van der Waals surface area contributed by atoms with Gasteiger partial charge in [-0.3, -0.25) is 0 Å². The Morgan fingerprint density at radius 3 is 2.19 bits per heavy atom. The summed E-state index contributed by atoms with van der Waals surface area (Å²) in [7, 11) is 5.49. The van der Waals surface area contributed by atoms with E-state index in [-0.39, 0.29) is 6.01 Å². The molecule has 0 unspecified atom stereocenters. The number of amides is 1. The van der Waals surface area contributed by atoms with E-state index in [1.165, 1.54) is 4.90 Å². The molecular formula is C22H21N7O2. The molecule has 0 saturated carbocycles. The second-order valence-corrected chi connectivity index (χ2v) is 6.94. The summed E-state index contributed by atoms with van der Waals surface area (Å²) in [5.74, 6) is 0.313. The minimum absolute atomic E-state index is 0.108. The van der Waals surface area contributed by atoms with E-state index in [1.54, 1.807) is 29.2 Å². The second kappa shape index (κ2) is 8.62. The monoisotopic (exact) mass is 415 g/mol. The third-order valence-electron chi connectivity index (χ3n) is 4.32. The summed E-state index contributed by atoms with van der Waals surface area (Å²) in [6.07, 6.45) is 2.57. The highest BCUT2D eigenvalue weighted by Gasteiger charge is 2.22. The number of anilines is 2. The lowest BCUT2D eigenvalue weighted by atomic mass is 10.2. The largest absolute Gasteiger partial charge is 0.426 e. The minimum atomic E-state index is -0.638. The van der Waals surface area contributed by atoms with Crippen LogP contribution >= 0.6 is 0 Å². The molecule has 0 N–H and O–H groups in total. The number of carbonyl (C=O) groups is 1. The van der Waals surface area contributed by atoms with Gasteiger partial charge < -0.3 is 14.2 Å². The number of benzene rings is 2. The molecule has 9 nitrogen and oxygen atoms in total. The SMILES string of the molecule is CN(C)/C=N\c1nc(OC(=O)N(c2ccccc2)c2ccccc2)nc2c1ncn2C. The fourth-order valence-electron chi connectivity index (χ4n) is 2.92. The van der Waals surface area contributed by atoms with E-state index in [2.05, 4.69) is 19.9 Å². The molecular weight excluding hydrogens is 394 g/mol. The van der Waals surface area contributed by atoms with Gasteiger partial charge in [0.15, 0.2) is 17.0 Å². The molecule has 0 radical (unpaired) electrons. The van der Waals surface area contributed by atoms with Crippen molar-refractivity contribution >= 4 is 40.8 Å². The fraction of sp³-hybridized carbons (Fsp3) is 0.136. The van der Waals surface area contributed by atoms with Gasteiger partial charge in [0.25, 0.3) is 0 Å². The Hall–Kier alpha value is -4.27. The fourth-order valence-corrected chi connectivity index (χ4v) is 2.92. The molecule has 4 aromatic rings. The number of hydrogen-bond acceptors (Lipinski definition) is 6. The van der Waals surface area contributed by atoms with Gasteiger partial charge in [-0.05, 0) is 24.3 Å². The van der Waals surface area contributed by atoms with Crippen molar-refractivity contribution in [1.29, 1.82) is 0 Å². The molecule has 0 atom stereocenters. The average molecular weight is 415 g/mol. The number of hydrogen-bond donors (Lipinski definition) is 0. The van der Waals surface area contributed by atoms with Crippen LogP contribution in [0.15, 0.2) is 72.0 Å². The van der Waals surface area contributed by atoms with E-state index in [0.29, 0.717) is 28.4 Å². The highest BCUT2D eigenvalue weighted by Crippen LogP contribution is 2.28. The van der Waals surface area contributed by atoms with Crippen molar-refractivity contribution in [2.45, 2.75) is 0 Å². The van der Waals surface area contributed by atoms with Gasteiger partial charge in [0, 0.05) is 21.1 Å². The number of aryl methyl sites for hydroxylation is 1. The Morgan fingerprint density at radius 2 is 1.61 bits per heavy atom. The summed E-state index contributed by atoms with van der Waals surface area (Å²) in [5.41, 5.74) is 2.34. The molecule has 156 valence electrons. The lowest BCUT2D eigenvalue weighted by Crippen LogP contribution is -2.29. The van der Waals surface area contributed by atoms with Crippen LogP contribution in [0.4, 0.5) is 22.0 Å². The smallest absolute Gasteiger partial charge is 0.373 e. The summed E-state index contributed by atoms with van der Waals surface area (Å²) in [5, 5.41) is 0. The lowest BCUT2D eigenvalue weighted by Gasteiger charge is -2.21. The standard InChI is InChI=1S/C22H21N7O2/c1-27(2)14-24-19-18-20(28(3)15-23-18)26-21(25-19)31-22(30)29(16-10-6-4-7-11-16)17-12-8-5-9-13-17/h4-15H,1-3H3/b24-14-. The number of aromatic nitrogens is 4. The number of ether oxygens (including phenoxy) is 1. The molecule has 0 bridgehead atoms. The molecule has 1 amide bonds. The quantitative estimate of drug-likeness (QED) is 0.363. The summed E-state index contributed by atoms with van der Waals surface area (Å²) in [6.45, 7) is 0. The van der Waals surface area contributed by atoms with Crippen molar-refractivity contribution in [1.82, 2.24) is 24.4 Å². The first-order valence-electron chi connectivity index (χ1n) is 9.54. The zero-order valence-electron chi connectivity index (χ0n) is 17.4. The highest BCUT2D eigenvalue weighted by molar-refractivity contribution is 5.97. The van der Waals surface area contributed by atoms with E-state index in [9.17, 15) is 4.79 Å². The van der Waals surface area contributed by atoms with Crippen LogP contribution in [0.5, 0.6) is 6.01 Å². The van der Waals surface area contributed by atoms with Crippen molar-refractivity contribution in [3.63, 3.8) is 0 Å². The maximum Gasteiger partial charge on any atom is 0.426 e. The van der Waals surface area contributed by atoms with E-state index < -0.39 is 6.09 Å². The molecule has 2 aromatic heterocycles. The van der Waals surface area contributed by atoms with Gasteiger partial charge in [0.2, 0.25) is 0 Å². The molecule has 9 heteroatoms. The van der Waals surface area contributed by atoms with E-state index >= 15 is 0 Å². The first-order valence-corrected chi connectivity index (χ1v) is 9.54. The third-order valence-corrected chi connectivity index (χ3v) is 4.32. The van der Waals surface area contributed by atoms with Crippen molar-refractivity contribution in [2.75, 3.05) is 19.0 Å². The maximum atomic E-state index is 13.2. The maximum absolute atomic E-state index is 13.2. The number of para-hydroxylation sites is 2. The molecule has 2 heterocycles. The lowest BCUT2D eigenvalue weighted by molar-refractivity contribution is 0.206. The van der Waals surface area contributed by atoms with E-state index in [0.717, 1.165) is 0 Å². The zero-order chi connectivity index (χ0) is 21.8. The molecule has 0 aliphatic heterocycles. The average Bonchev–Trinajstić information content (AvgIpc) is 3.14. The normalized spacial score (nSPS) is 11.1. The number of carbonyl (C=O) groups excluding carboxylic acids is 1. The topological polar surface area (TPSA) is 88.7 Å². The molecule has 4 rings (SSSR count). The first-order chi connectivity index (χ1) is 15.0. The summed E-state index contributed by atoms with van der Waals surface area (Å²) in [6, 6.07) is 18.4. The zero-order valence-corrected chi connectivity index (χ0v) is 17.4. The summed E-state index contributed by atoms with van der Waals surface area (Å²) in [4.78, 5) is 33.8. The van der Waals surface area contributed by atoms with Crippen molar-refractivity contribution in [3.05, 3.63) is 67.0 Å². The van der Waals surface area contributed by atoms with Crippen LogP contribution in [0.25, 0.3) is 11.2 Å². The minimum Gasteiger partial charge on any atom is -0.373 e. The molecule has 0 fully saturated rings. The predicted molar refractivity (Wildman–Crippen MR) is 119 cm³/mol. The van der Waals surface area contributed by atoms with Gasteiger partial charge in [-0.25, -0.2) is 19.7 Å². The van der Waals surface area contributed by atoms with Crippen LogP contribution in [0.1, 0.15) is 0 Å². The Bertz CT molecular complexity index is 1180. The Labute approximate surface area is 179 Å². The van der Waals surface area contributed by atoms with Gasteiger partial charge in [-0.15, -0.1) is 0 Å². The highest BCUT2D eigenvalue weighted by atomic mass is 16.6. The number of fused-ring (bicyclic) bond motifs is 1. The van der Waals surface area contributed by atoms with Crippen LogP contribution in [0.3, 0.4) is 0 Å². The molecule has 0 aliphatic carbocycles. The Balaban J connectivity index is 1.73. The third kappa shape index (κ3) is 4.35. The Morgan fingerprint density at radius 1 is 1.00 bits per heavy atom. The van der Waals surface area contributed by atoms with Crippen molar-refractivity contribution in [3.8, 4) is 6.01 Å². The van der Waals surface area contributed by atoms with Crippen LogP contribution in [0.2, 0.25) is 0 Å². The first kappa shape index (κ1) is 20.0. The predicted octanol–water partition coefficient (Wildman–Crippen LogP) is 3.92. The van der Waals surface area contributed by atoms with Crippen LogP contribution in [-0.4, -0.2) is 50.9 Å². The van der Waals surface area contributed by atoms with Gasteiger partial charge >= 0.3 is 12.1 Å². The molecule has 0 saturated heterocycles. The Kier molecular flexibility index (Phi) is 5.57. The van der Waals surface area contributed by atoms with Gasteiger partial charge in [0.05, 0.1) is 24.0 Å². The molecule has 31 heavy (non-hydrogen) atoms. The molecule has 0 spiro atoms. The second-order valence-electron chi connectivity index (χ2n) is 6.94. The number of rotatable bonds is 5. The molecule has 2 aromatic carbocycles. The number of aliphatic imine (C=N–C) groups is 1. The number of nitrogens with zero attached hydrogens (tertiary/aromatic N) is 7. The van der Waals surface area contributed by atoms with Gasteiger partial charge in [0.1, 0.15) is 0 Å². The van der Waals surface area contributed by atoms with Crippen LogP contribution in [-0.2, 0) is 7.05 Å². The van der Waals surface area contributed by atoms with E-state index in [1.807, 2.05) is 74.8 Å². The van der Waals surface area contributed by atoms with Crippen molar-refractivity contribution in [2.24, 2.45) is 12.0 Å². The number of imidazole rings is 1. The van der Waals surface area contributed by atoms with Crippen LogP contribution < -0.4 is 9.64 Å². The summed E-state index contributed by atoms with van der Waals surface area (Å²) < 4.78 is 7.32. The van der Waals surface area contributed by atoms with Gasteiger partial charge in [-0.1, -0.05) is 36.4 Å². The molecule has 0 aliphatic rings. The van der Waals surface area contributed by atoms with Crippen molar-refractivity contribution < 1.29 is 9.53 Å². The van der Waals surface area contributed by atoms with E-state index in [4.69, 9.17) is 4.74 Å². The summed E-state index contributed by atoms with van der Waals surface area (Å²) >= 11 is 0. The van der Waals surface area contributed by atoms with Crippen LogP contribution in [0, 0.1) is 0 Å².